The van der Waals surface area contributed by atoms with Gasteiger partial charge < -0.3 is 14.6 Å². The summed E-state index contributed by atoms with van der Waals surface area (Å²) in [4.78, 5) is 23.3. The smallest absolute Gasteiger partial charge is 0.427 e. The Morgan fingerprint density at radius 3 is 2.54 bits per heavy atom. The number of alkyl halides is 3. The van der Waals surface area contributed by atoms with Crippen molar-refractivity contribution in [2.75, 3.05) is 16.2 Å². The van der Waals surface area contributed by atoms with Gasteiger partial charge in [0, 0.05) is 18.2 Å². The Labute approximate surface area is 222 Å². The van der Waals surface area contributed by atoms with Crippen molar-refractivity contribution in [3.63, 3.8) is 0 Å². The van der Waals surface area contributed by atoms with Gasteiger partial charge in [0.05, 0.1) is 12.2 Å². The minimum absolute atomic E-state index is 0.104. The molecule has 2 N–H and O–H groups in total. The number of hydrogen-bond donors (Lipinski definition) is 2. The van der Waals surface area contributed by atoms with Crippen molar-refractivity contribution in [2.24, 2.45) is 5.92 Å². The predicted octanol–water partition coefficient (Wildman–Crippen LogP) is 5.14. The molecule has 214 valence electrons. The highest BCUT2D eigenvalue weighted by Gasteiger charge is 2.51. The number of carbonyl (C=O) groups excluding carboxylic acids is 1. The lowest BCUT2D eigenvalue weighted by molar-refractivity contribution is -0.242. The number of carboxylic acids is 1. The second kappa shape index (κ2) is 10.4. The summed E-state index contributed by atoms with van der Waals surface area (Å²) in [6.45, 7) is 0.951. The van der Waals surface area contributed by atoms with Gasteiger partial charge >= 0.3 is 18.2 Å². The molecule has 4 rings (SSSR count). The van der Waals surface area contributed by atoms with Gasteiger partial charge in [0.1, 0.15) is 11.4 Å². The minimum Gasteiger partial charge on any atom is -0.483 e. The first kappa shape index (κ1) is 28.7. The molecule has 1 heterocycles. The Morgan fingerprint density at radius 1 is 1.23 bits per heavy atom. The zero-order chi connectivity index (χ0) is 28.8. The summed E-state index contributed by atoms with van der Waals surface area (Å²) in [6.07, 6.45) is -0.653. The van der Waals surface area contributed by atoms with Gasteiger partial charge in [-0.25, -0.2) is 17.6 Å². The number of halogens is 4. The molecule has 1 aromatic carbocycles. The summed E-state index contributed by atoms with van der Waals surface area (Å²) in [5.74, 6) is -2.41. The number of benzene rings is 1. The van der Waals surface area contributed by atoms with Crippen molar-refractivity contribution in [2.45, 2.75) is 69.1 Å². The van der Waals surface area contributed by atoms with Gasteiger partial charge in [-0.15, -0.1) is 0 Å². The van der Waals surface area contributed by atoms with Crippen LogP contribution >= 0.6 is 0 Å². The van der Waals surface area contributed by atoms with Gasteiger partial charge in [0.25, 0.3) is 0 Å². The molecule has 2 unspecified atom stereocenters. The van der Waals surface area contributed by atoms with Crippen LogP contribution in [0.1, 0.15) is 46.0 Å². The SMILES string of the molecule is CC(C)(OC(=O)Nc1cc(F)c2c(c1)N(S(=O)(=O)C1C=CC=C(C3CC3)C1)CC(CCC(=O)O)O2)C(F)(F)F. The average Bonchev–Trinajstić information content (AvgIpc) is 3.67. The van der Waals surface area contributed by atoms with E-state index < -0.39 is 56.8 Å². The molecule has 0 bridgehead atoms. The number of rotatable bonds is 8. The van der Waals surface area contributed by atoms with Gasteiger partial charge in [-0.1, -0.05) is 23.8 Å². The largest absolute Gasteiger partial charge is 0.483 e. The first-order valence-electron chi connectivity index (χ1n) is 12.3. The zero-order valence-electron chi connectivity index (χ0n) is 21.1. The number of ether oxygens (including phenoxy) is 2. The molecule has 0 spiro atoms. The fraction of sp³-hybridized carbons (Fsp3) is 0.520. The third-order valence-electron chi connectivity index (χ3n) is 6.77. The molecule has 1 aliphatic heterocycles. The quantitative estimate of drug-likeness (QED) is 0.411. The highest BCUT2D eigenvalue weighted by molar-refractivity contribution is 7.93. The number of anilines is 2. The molecule has 9 nitrogen and oxygen atoms in total. The summed E-state index contributed by atoms with van der Waals surface area (Å²) >= 11 is 0. The molecule has 14 heteroatoms. The molecular weight excluding hydrogens is 548 g/mol. The summed E-state index contributed by atoms with van der Waals surface area (Å²) in [7, 11) is -4.20. The number of hydrogen-bond acceptors (Lipinski definition) is 6. The number of nitrogens with zero attached hydrogens (tertiary/aromatic N) is 1. The van der Waals surface area contributed by atoms with Crippen LogP contribution in [0.15, 0.2) is 35.9 Å². The van der Waals surface area contributed by atoms with Crippen LogP contribution in [0, 0.1) is 11.7 Å². The van der Waals surface area contributed by atoms with Crippen LogP contribution < -0.4 is 14.4 Å². The number of fused-ring (bicyclic) bond motifs is 1. The topological polar surface area (TPSA) is 122 Å². The van der Waals surface area contributed by atoms with Crippen LogP contribution in [0.2, 0.25) is 0 Å². The van der Waals surface area contributed by atoms with Gasteiger partial charge in [-0.2, -0.15) is 13.2 Å². The third-order valence-corrected chi connectivity index (χ3v) is 8.82. The van der Waals surface area contributed by atoms with Crippen LogP contribution in [-0.4, -0.2) is 55.3 Å². The standard InChI is InChI=1S/C25H28F4N2O7S/c1-24(2,25(27,28)29)38-23(34)30-16-11-19(26)22-20(12-16)31(13-17(37-22)8-9-21(32)33)39(35,36)18-5-3-4-15(10-18)14-6-7-14/h3-5,11-12,14,17-18H,6-10,13H2,1-2H3,(H,30,34)(H,32,33). The number of carbonyl (C=O) groups is 2. The molecule has 0 saturated heterocycles. The van der Waals surface area contributed by atoms with Gasteiger partial charge in [0.2, 0.25) is 15.6 Å². The number of aliphatic carboxylic acids is 1. The maximum absolute atomic E-state index is 15.2. The van der Waals surface area contributed by atoms with Gasteiger partial charge in [-0.3, -0.25) is 14.4 Å². The number of allylic oxidation sites excluding steroid dienone is 3. The van der Waals surface area contributed by atoms with Crippen LogP contribution in [0.25, 0.3) is 0 Å². The summed E-state index contributed by atoms with van der Waals surface area (Å²) < 4.78 is 93.2. The van der Waals surface area contributed by atoms with Crippen LogP contribution in [0.5, 0.6) is 5.75 Å². The molecule has 1 aromatic rings. The van der Waals surface area contributed by atoms with Crippen molar-refractivity contribution in [1.29, 1.82) is 0 Å². The van der Waals surface area contributed by atoms with Crippen molar-refractivity contribution >= 4 is 33.5 Å². The maximum atomic E-state index is 15.2. The Bertz CT molecular complexity index is 1320. The molecule has 0 aromatic heterocycles. The number of carboxylic acid groups (broad SMARTS) is 1. The van der Waals surface area contributed by atoms with Crippen LogP contribution in [-0.2, 0) is 19.6 Å². The van der Waals surface area contributed by atoms with Crippen LogP contribution in [0.4, 0.5) is 33.7 Å². The second-order valence-corrected chi connectivity index (χ2v) is 12.3. The summed E-state index contributed by atoms with van der Waals surface area (Å²) in [5, 5.41) is 10.1. The first-order chi connectivity index (χ1) is 18.1. The lowest BCUT2D eigenvalue weighted by atomic mass is 10.0. The van der Waals surface area contributed by atoms with Gasteiger partial charge in [0.15, 0.2) is 11.6 Å². The Balaban J connectivity index is 1.65. The Hall–Kier alpha value is -3.29. The predicted molar refractivity (Wildman–Crippen MR) is 133 cm³/mol. The van der Waals surface area contributed by atoms with Crippen molar-refractivity contribution in [1.82, 2.24) is 0 Å². The highest BCUT2D eigenvalue weighted by atomic mass is 32.2. The lowest BCUT2D eigenvalue weighted by Gasteiger charge is -2.37. The van der Waals surface area contributed by atoms with Crippen molar-refractivity contribution in [3.05, 3.63) is 41.8 Å². The van der Waals surface area contributed by atoms with E-state index in [1.807, 2.05) is 11.4 Å². The maximum Gasteiger partial charge on any atom is 0.427 e. The monoisotopic (exact) mass is 576 g/mol. The van der Waals surface area contributed by atoms with E-state index in [0.29, 0.717) is 19.8 Å². The molecule has 1 amide bonds. The number of amides is 1. The van der Waals surface area contributed by atoms with E-state index in [1.54, 1.807) is 6.08 Å². The molecule has 2 aliphatic carbocycles. The molecule has 3 aliphatic rings. The summed E-state index contributed by atoms with van der Waals surface area (Å²) in [6, 6.07) is 1.81. The minimum atomic E-state index is -4.88. The van der Waals surface area contributed by atoms with E-state index in [2.05, 4.69) is 4.74 Å². The zero-order valence-corrected chi connectivity index (χ0v) is 21.9. The second-order valence-electron chi connectivity index (χ2n) is 10.2. The lowest BCUT2D eigenvalue weighted by Crippen LogP contribution is -2.47. The van der Waals surface area contributed by atoms with Crippen LogP contribution in [0.3, 0.4) is 0 Å². The third kappa shape index (κ3) is 6.31. The molecule has 2 atom stereocenters. The molecule has 1 fully saturated rings. The molecule has 39 heavy (non-hydrogen) atoms. The van der Waals surface area contributed by atoms with E-state index in [1.165, 1.54) is 6.08 Å². The normalized spacial score (nSPS) is 21.5. The van der Waals surface area contributed by atoms with Crippen molar-refractivity contribution < 1.29 is 50.1 Å². The fourth-order valence-electron chi connectivity index (χ4n) is 4.35. The molecular formula is C25H28F4N2O7S. The molecule has 0 radical (unpaired) electrons. The average molecular weight is 577 g/mol. The highest BCUT2D eigenvalue weighted by Crippen LogP contribution is 2.44. The Morgan fingerprint density at radius 2 is 1.92 bits per heavy atom. The van der Waals surface area contributed by atoms with E-state index in [9.17, 15) is 31.2 Å². The van der Waals surface area contributed by atoms with E-state index in [-0.39, 0.29) is 37.2 Å². The van der Waals surface area contributed by atoms with E-state index in [0.717, 1.165) is 34.9 Å². The number of nitrogens with one attached hydrogen (secondary N) is 1. The van der Waals surface area contributed by atoms with Crippen molar-refractivity contribution in [3.8, 4) is 5.75 Å². The summed E-state index contributed by atoms with van der Waals surface area (Å²) in [5.41, 5.74) is -2.50. The fourth-order valence-corrected chi connectivity index (χ4v) is 6.15. The van der Waals surface area contributed by atoms with E-state index >= 15 is 4.39 Å². The molecule has 1 saturated carbocycles. The van der Waals surface area contributed by atoms with Gasteiger partial charge in [-0.05, 0) is 51.5 Å². The number of sulfonamides is 1. The first-order valence-corrected chi connectivity index (χ1v) is 13.8. The Kier molecular flexibility index (Phi) is 7.63. The van der Waals surface area contributed by atoms with E-state index in [4.69, 9.17) is 9.84 Å².